The normalized spacial score (nSPS) is 10.5. The quantitative estimate of drug-likeness (QED) is 0.806. The number of aromatic carboxylic acids is 1. The molecule has 1 N–H and O–H groups in total. The van der Waals surface area contributed by atoms with Crippen molar-refractivity contribution in [2.24, 2.45) is 0 Å². The average molecular weight is 222 g/mol. The number of fused-ring (bicyclic) bond motifs is 1. The first-order chi connectivity index (χ1) is 7.09. The minimum absolute atomic E-state index is 0.245. The average Bonchev–Trinajstić information content (AvgIpc) is 2.23. The van der Waals surface area contributed by atoms with Gasteiger partial charge in [-0.2, -0.15) is 0 Å². The molecular formula is C11H8ClNO2. The zero-order chi connectivity index (χ0) is 11.0. The molecule has 2 rings (SSSR count). The second kappa shape index (κ2) is 3.51. The highest BCUT2D eigenvalue weighted by atomic mass is 35.5. The molecule has 0 aliphatic heterocycles. The van der Waals surface area contributed by atoms with Gasteiger partial charge in [0.15, 0.2) is 0 Å². The third kappa shape index (κ3) is 1.66. The Bertz CT molecular complexity index is 552. The number of nitrogens with zero attached hydrogens (tertiary/aromatic N) is 1. The van der Waals surface area contributed by atoms with E-state index in [1.54, 1.807) is 18.3 Å². The fourth-order valence-corrected chi connectivity index (χ4v) is 1.69. The Balaban J connectivity index is 2.81. The second-order valence-corrected chi connectivity index (χ2v) is 3.66. The Morgan fingerprint density at radius 1 is 1.40 bits per heavy atom. The van der Waals surface area contributed by atoms with E-state index in [0.29, 0.717) is 5.02 Å². The molecule has 0 unspecified atom stereocenters. The summed E-state index contributed by atoms with van der Waals surface area (Å²) in [5, 5.41) is 11.0. The summed E-state index contributed by atoms with van der Waals surface area (Å²) in [5.74, 6) is -0.948. The summed E-state index contributed by atoms with van der Waals surface area (Å²) in [5.41, 5.74) is 1.02. The lowest BCUT2D eigenvalue weighted by molar-refractivity contribution is 0.0697. The minimum atomic E-state index is -0.948. The molecule has 0 bridgehead atoms. The standard InChI is InChI=1S/C11H8ClNO2/c1-6-9-4-7(11(14)15)2-3-8(9)10(12)5-13-6/h2-5H,1H3,(H,14,15). The summed E-state index contributed by atoms with van der Waals surface area (Å²) in [6.07, 6.45) is 1.57. The molecular weight excluding hydrogens is 214 g/mol. The van der Waals surface area contributed by atoms with Crippen LogP contribution in [0, 0.1) is 6.92 Å². The minimum Gasteiger partial charge on any atom is -0.478 e. The molecule has 1 heterocycles. The van der Waals surface area contributed by atoms with Crippen LogP contribution in [0.4, 0.5) is 0 Å². The molecule has 1 aromatic carbocycles. The molecule has 0 radical (unpaired) electrons. The van der Waals surface area contributed by atoms with Crippen molar-refractivity contribution >= 4 is 28.3 Å². The van der Waals surface area contributed by atoms with Crippen molar-refractivity contribution in [3.8, 4) is 0 Å². The van der Waals surface area contributed by atoms with E-state index in [4.69, 9.17) is 16.7 Å². The van der Waals surface area contributed by atoms with E-state index in [0.717, 1.165) is 16.5 Å². The van der Waals surface area contributed by atoms with Crippen molar-refractivity contribution in [2.75, 3.05) is 0 Å². The summed E-state index contributed by atoms with van der Waals surface area (Å²) < 4.78 is 0. The highest BCUT2D eigenvalue weighted by molar-refractivity contribution is 6.35. The van der Waals surface area contributed by atoms with E-state index < -0.39 is 5.97 Å². The number of hydrogen-bond donors (Lipinski definition) is 1. The van der Waals surface area contributed by atoms with Crippen LogP contribution in [0.3, 0.4) is 0 Å². The molecule has 0 spiro atoms. The molecule has 76 valence electrons. The molecule has 0 aliphatic carbocycles. The molecule has 2 aromatic rings. The van der Waals surface area contributed by atoms with Crippen molar-refractivity contribution in [3.63, 3.8) is 0 Å². The van der Waals surface area contributed by atoms with Gasteiger partial charge in [0.05, 0.1) is 10.6 Å². The van der Waals surface area contributed by atoms with Crippen LogP contribution in [0.2, 0.25) is 5.02 Å². The molecule has 0 aliphatic rings. The lowest BCUT2D eigenvalue weighted by atomic mass is 10.1. The van der Waals surface area contributed by atoms with Gasteiger partial charge in [0.25, 0.3) is 0 Å². The Hall–Kier alpha value is -1.61. The van der Waals surface area contributed by atoms with Crippen molar-refractivity contribution in [1.82, 2.24) is 4.98 Å². The third-order valence-corrected chi connectivity index (χ3v) is 2.59. The molecule has 3 nitrogen and oxygen atoms in total. The largest absolute Gasteiger partial charge is 0.478 e. The third-order valence-electron chi connectivity index (χ3n) is 2.29. The van der Waals surface area contributed by atoms with E-state index in [-0.39, 0.29) is 5.56 Å². The molecule has 1 aromatic heterocycles. The second-order valence-electron chi connectivity index (χ2n) is 3.26. The van der Waals surface area contributed by atoms with E-state index in [1.165, 1.54) is 6.07 Å². The first-order valence-electron chi connectivity index (χ1n) is 4.38. The van der Waals surface area contributed by atoms with Gasteiger partial charge in [-0.3, -0.25) is 4.98 Å². The molecule has 0 atom stereocenters. The van der Waals surface area contributed by atoms with Crippen molar-refractivity contribution in [3.05, 3.63) is 40.7 Å². The maximum Gasteiger partial charge on any atom is 0.335 e. The number of hydrogen-bond acceptors (Lipinski definition) is 2. The number of pyridine rings is 1. The van der Waals surface area contributed by atoms with Gasteiger partial charge in [0.2, 0.25) is 0 Å². The Labute approximate surface area is 91.3 Å². The van der Waals surface area contributed by atoms with Crippen LogP contribution in [0.1, 0.15) is 16.1 Å². The van der Waals surface area contributed by atoms with Gasteiger partial charge in [0.1, 0.15) is 0 Å². The molecule has 0 saturated carbocycles. The van der Waals surface area contributed by atoms with Crippen LogP contribution in [-0.2, 0) is 0 Å². The number of rotatable bonds is 1. The van der Waals surface area contributed by atoms with Crippen LogP contribution in [0.15, 0.2) is 24.4 Å². The van der Waals surface area contributed by atoms with Crippen molar-refractivity contribution in [2.45, 2.75) is 6.92 Å². The van der Waals surface area contributed by atoms with E-state index >= 15 is 0 Å². The number of aromatic nitrogens is 1. The van der Waals surface area contributed by atoms with Gasteiger partial charge in [0, 0.05) is 22.7 Å². The SMILES string of the molecule is Cc1ncc(Cl)c2ccc(C(=O)O)cc12. The van der Waals surface area contributed by atoms with E-state index in [1.807, 2.05) is 6.92 Å². The maximum absolute atomic E-state index is 10.8. The predicted molar refractivity (Wildman–Crippen MR) is 58.4 cm³/mol. The lowest BCUT2D eigenvalue weighted by Gasteiger charge is -2.04. The van der Waals surface area contributed by atoms with Crippen LogP contribution >= 0.6 is 11.6 Å². The van der Waals surface area contributed by atoms with E-state index in [9.17, 15) is 4.79 Å². The highest BCUT2D eigenvalue weighted by Crippen LogP contribution is 2.25. The zero-order valence-electron chi connectivity index (χ0n) is 7.99. The molecule has 0 saturated heterocycles. The monoisotopic (exact) mass is 221 g/mol. The van der Waals surface area contributed by atoms with Gasteiger partial charge in [-0.1, -0.05) is 17.7 Å². The fourth-order valence-electron chi connectivity index (χ4n) is 1.48. The topological polar surface area (TPSA) is 50.2 Å². The predicted octanol–water partition coefficient (Wildman–Crippen LogP) is 2.89. The van der Waals surface area contributed by atoms with Gasteiger partial charge in [-0.25, -0.2) is 4.79 Å². The van der Waals surface area contributed by atoms with Crippen LogP contribution in [0.5, 0.6) is 0 Å². The molecule has 4 heteroatoms. The van der Waals surface area contributed by atoms with Gasteiger partial charge >= 0.3 is 5.97 Å². The Kier molecular flexibility index (Phi) is 2.32. The number of carboxylic acid groups (broad SMARTS) is 1. The highest BCUT2D eigenvalue weighted by Gasteiger charge is 2.07. The number of aryl methyl sites for hydroxylation is 1. The van der Waals surface area contributed by atoms with E-state index in [2.05, 4.69) is 4.98 Å². The van der Waals surface area contributed by atoms with Crippen molar-refractivity contribution < 1.29 is 9.90 Å². The number of carboxylic acids is 1. The fraction of sp³-hybridized carbons (Fsp3) is 0.0909. The first kappa shape index (κ1) is 9.93. The van der Waals surface area contributed by atoms with Crippen LogP contribution < -0.4 is 0 Å². The summed E-state index contributed by atoms with van der Waals surface area (Å²) in [6.45, 7) is 1.82. The molecule has 0 amide bonds. The number of halogens is 1. The van der Waals surface area contributed by atoms with Crippen LogP contribution in [0.25, 0.3) is 10.8 Å². The van der Waals surface area contributed by atoms with Gasteiger partial charge in [-0.15, -0.1) is 0 Å². The summed E-state index contributed by atoms with van der Waals surface area (Å²) in [6, 6.07) is 4.83. The molecule has 15 heavy (non-hydrogen) atoms. The van der Waals surface area contributed by atoms with Crippen molar-refractivity contribution in [1.29, 1.82) is 0 Å². The number of benzene rings is 1. The summed E-state index contributed by atoms with van der Waals surface area (Å²) in [4.78, 5) is 14.9. The van der Waals surface area contributed by atoms with Gasteiger partial charge in [-0.05, 0) is 19.1 Å². The summed E-state index contributed by atoms with van der Waals surface area (Å²) in [7, 11) is 0. The Morgan fingerprint density at radius 3 is 2.80 bits per heavy atom. The first-order valence-corrected chi connectivity index (χ1v) is 4.75. The Morgan fingerprint density at radius 2 is 2.13 bits per heavy atom. The summed E-state index contributed by atoms with van der Waals surface area (Å²) >= 11 is 5.95. The smallest absolute Gasteiger partial charge is 0.335 e. The molecule has 0 fully saturated rings. The van der Waals surface area contributed by atoms with Gasteiger partial charge < -0.3 is 5.11 Å². The lowest BCUT2D eigenvalue weighted by Crippen LogP contribution is -1.96. The van der Waals surface area contributed by atoms with Crippen LogP contribution in [-0.4, -0.2) is 16.1 Å². The zero-order valence-corrected chi connectivity index (χ0v) is 8.75. The maximum atomic E-state index is 10.8. The number of carbonyl (C=O) groups is 1.